The van der Waals surface area contributed by atoms with Gasteiger partial charge >= 0.3 is 0 Å². The molecule has 19 heavy (non-hydrogen) atoms. The highest BCUT2D eigenvalue weighted by atomic mass is 35.5. The fourth-order valence-corrected chi connectivity index (χ4v) is 2.00. The molecule has 1 heterocycles. The van der Waals surface area contributed by atoms with Crippen LogP contribution in [0.5, 0.6) is 5.75 Å². The minimum absolute atomic E-state index is 0.540. The van der Waals surface area contributed by atoms with Gasteiger partial charge in [0.15, 0.2) is 0 Å². The predicted molar refractivity (Wildman–Crippen MR) is 79.0 cm³/mol. The maximum atomic E-state index is 5.91. The Labute approximate surface area is 118 Å². The normalized spacial score (nSPS) is 10.3. The summed E-state index contributed by atoms with van der Waals surface area (Å²) in [7, 11) is 1.68. The molecule has 0 radical (unpaired) electrons. The molecule has 1 N–H and O–H groups in total. The molecule has 0 aliphatic rings. The molecule has 1 aromatic heterocycles. The second kappa shape index (κ2) is 5.93. The molecule has 0 unspecified atom stereocenters. The highest BCUT2D eigenvalue weighted by Crippen LogP contribution is 2.22. The molecule has 0 atom stereocenters. The molecule has 0 fully saturated rings. The van der Waals surface area contributed by atoms with Crippen molar-refractivity contribution in [3.05, 3.63) is 52.3 Å². The fraction of sp³-hybridized carbons (Fsp3) is 0.267. The molecule has 4 heteroatoms. The van der Waals surface area contributed by atoms with Gasteiger partial charge in [0.2, 0.25) is 0 Å². The largest absolute Gasteiger partial charge is 0.496 e. The van der Waals surface area contributed by atoms with Gasteiger partial charge in [0.25, 0.3) is 0 Å². The fourth-order valence-electron chi connectivity index (χ4n) is 1.90. The monoisotopic (exact) mass is 276 g/mol. The van der Waals surface area contributed by atoms with E-state index in [1.807, 2.05) is 25.1 Å². The van der Waals surface area contributed by atoms with Crippen LogP contribution >= 0.6 is 11.6 Å². The lowest BCUT2D eigenvalue weighted by Crippen LogP contribution is -2.03. The number of halogens is 1. The van der Waals surface area contributed by atoms with Crippen LogP contribution in [0.4, 0.5) is 5.69 Å². The first-order chi connectivity index (χ1) is 9.10. The van der Waals surface area contributed by atoms with Crippen molar-refractivity contribution in [3.63, 3.8) is 0 Å². The van der Waals surface area contributed by atoms with Crippen molar-refractivity contribution in [3.8, 4) is 5.75 Å². The van der Waals surface area contributed by atoms with Crippen molar-refractivity contribution < 1.29 is 4.74 Å². The van der Waals surface area contributed by atoms with Gasteiger partial charge in [-0.25, -0.2) is 4.98 Å². The summed E-state index contributed by atoms with van der Waals surface area (Å²) in [6.45, 7) is 4.69. The quantitative estimate of drug-likeness (QED) is 0.858. The second-order valence-corrected chi connectivity index (χ2v) is 4.86. The highest BCUT2D eigenvalue weighted by Gasteiger charge is 2.04. The van der Waals surface area contributed by atoms with E-state index >= 15 is 0 Å². The topological polar surface area (TPSA) is 34.1 Å². The smallest absolute Gasteiger partial charge is 0.132 e. The molecule has 2 aromatic rings. The molecular weight excluding hydrogens is 260 g/mol. The van der Waals surface area contributed by atoms with E-state index in [9.17, 15) is 0 Å². The number of rotatable bonds is 4. The van der Waals surface area contributed by atoms with E-state index in [0.717, 1.165) is 22.6 Å². The van der Waals surface area contributed by atoms with Crippen LogP contribution in [0, 0.1) is 13.8 Å². The molecule has 0 amide bonds. The van der Waals surface area contributed by atoms with Crippen LogP contribution < -0.4 is 10.1 Å². The summed E-state index contributed by atoms with van der Waals surface area (Å²) in [4.78, 5) is 4.12. The highest BCUT2D eigenvalue weighted by molar-refractivity contribution is 6.30. The number of nitrogens with zero attached hydrogens (tertiary/aromatic N) is 1. The first kappa shape index (κ1) is 13.7. The van der Waals surface area contributed by atoms with Gasteiger partial charge in [-0.05, 0) is 31.5 Å². The molecule has 0 saturated heterocycles. The molecule has 3 nitrogen and oxygen atoms in total. The number of anilines is 1. The second-order valence-electron chi connectivity index (χ2n) is 4.50. The third-order valence-electron chi connectivity index (χ3n) is 2.93. The van der Waals surface area contributed by atoms with E-state index in [1.165, 1.54) is 5.56 Å². The number of benzene rings is 1. The number of aryl methyl sites for hydroxylation is 2. The SMILES string of the molecule is COc1ccc(C)cc1CNc1cnc(Cl)c(C)c1. The van der Waals surface area contributed by atoms with Crippen molar-refractivity contribution in [2.45, 2.75) is 20.4 Å². The van der Waals surface area contributed by atoms with E-state index in [2.05, 4.69) is 23.3 Å². The first-order valence-corrected chi connectivity index (χ1v) is 6.47. The van der Waals surface area contributed by atoms with Crippen LogP contribution in [0.3, 0.4) is 0 Å². The van der Waals surface area contributed by atoms with E-state index in [4.69, 9.17) is 16.3 Å². The Morgan fingerprint density at radius 2 is 2.05 bits per heavy atom. The molecule has 0 saturated carbocycles. The summed E-state index contributed by atoms with van der Waals surface area (Å²) < 4.78 is 5.35. The van der Waals surface area contributed by atoms with Gasteiger partial charge in [0, 0.05) is 12.1 Å². The Kier molecular flexibility index (Phi) is 4.27. The number of ether oxygens (including phenoxy) is 1. The van der Waals surface area contributed by atoms with Crippen LogP contribution in [0.2, 0.25) is 5.15 Å². The third-order valence-corrected chi connectivity index (χ3v) is 3.33. The molecule has 100 valence electrons. The summed E-state index contributed by atoms with van der Waals surface area (Å²) >= 11 is 5.91. The van der Waals surface area contributed by atoms with E-state index < -0.39 is 0 Å². The molecule has 0 bridgehead atoms. The maximum absolute atomic E-state index is 5.91. The number of nitrogens with one attached hydrogen (secondary N) is 1. The van der Waals surface area contributed by atoms with E-state index in [-0.39, 0.29) is 0 Å². The standard InChI is InChI=1S/C15H17ClN2O/c1-10-4-5-14(19-3)12(6-10)8-17-13-7-11(2)15(16)18-9-13/h4-7,9,17H,8H2,1-3H3. The molecule has 2 rings (SSSR count). The average molecular weight is 277 g/mol. The Hall–Kier alpha value is -1.74. The molecule has 1 aromatic carbocycles. The lowest BCUT2D eigenvalue weighted by atomic mass is 10.1. The molecule has 0 aliphatic carbocycles. The van der Waals surface area contributed by atoms with Crippen LogP contribution in [-0.4, -0.2) is 12.1 Å². The van der Waals surface area contributed by atoms with Crippen molar-refractivity contribution >= 4 is 17.3 Å². The van der Waals surface area contributed by atoms with Crippen LogP contribution in [0.25, 0.3) is 0 Å². The summed E-state index contributed by atoms with van der Waals surface area (Å²) in [6, 6.07) is 8.12. The Morgan fingerprint density at radius 3 is 2.74 bits per heavy atom. The zero-order valence-corrected chi connectivity index (χ0v) is 12.1. The summed E-state index contributed by atoms with van der Waals surface area (Å²) in [5, 5.41) is 3.87. The van der Waals surface area contributed by atoms with Gasteiger partial charge in [-0.15, -0.1) is 0 Å². The van der Waals surface area contributed by atoms with Crippen LogP contribution in [-0.2, 0) is 6.54 Å². The van der Waals surface area contributed by atoms with Gasteiger partial charge < -0.3 is 10.1 Å². The van der Waals surface area contributed by atoms with Crippen molar-refractivity contribution in [2.24, 2.45) is 0 Å². The third kappa shape index (κ3) is 3.38. The number of hydrogen-bond acceptors (Lipinski definition) is 3. The maximum Gasteiger partial charge on any atom is 0.132 e. The number of aromatic nitrogens is 1. The first-order valence-electron chi connectivity index (χ1n) is 6.09. The van der Waals surface area contributed by atoms with E-state index in [0.29, 0.717) is 11.7 Å². The van der Waals surface area contributed by atoms with Crippen LogP contribution in [0.15, 0.2) is 30.5 Å². The number of pyridine rings is 1. The lowest BCUT2D eigenvalue weighted by Gasteiger charge is -2.12. The Balaban J connectivity index is 2.13. The minimum atomic E-state index is 0.540. The van der Waals surface area contributed by atoms with Gasteiger partial charge in [-0.2, -0.15) is 0 Å². The van der Waals surface area contributed by atoms with Crippen molar-refractivity contribution in [2.75, 3.05) is 12.4 Å². The minimum Gasteiger partial charge on any atom is -0.496 e. The zero-order valence-electron chi connectivity index (χ0n) is 11.3. The average Bonchev–Trinajstić information content (AvgIpc) is 2.40. The van der Waals surface area contributed by atoms with Crippen molar-refractivity contribution in [1.82, 2.24) is 4.98 Å². The number of hydrogen-bond donors (Lipinski definition) is 1. The van der Waals surface area contributed by atoms with Gasteiger partial charge in [0.1, 0.15) is 10.9 Å². The lowest BCUT2D eigenvalue weighted by molar-refractivity contribution is 0.410. The molecule has 0 aliphatic heterocycles. The van der Waals surface area contributed by atoms with Crippen molar-refractivity contribution in [1.29, 1.82) is 0 Å². The molecule has 0 spiro atoms. The zero-order chi connectivity index (χ0) is 13.8. The summed E-state index contributed by atoms with van der Waals surface area (Å²) in [5.74, 6) is 0.886. The van der Waals surface area contributed by atoms with Gasteiger partial charge in [-0.1, -0.05) is 29.3 Å². The Bertz CT molecular complexity index is 584. The molecular formula is C15H17ClN2O. The van der Waals surface area contributed by atoms with E-state index in [1.54, 1.807) is 13.3 Å². The summed E-state index contributed by atoms with van der Waals surface area (Å²) in [5.41, 5.74) is 4.24. The summed E-state index contributed by atoms with van der Waals surface area (Å²) in [6.07, 6.45) is 1.73. The predicted octanol–water partition coefficient (Wildman–Crippen LogP) is 3.97. The Morgan fingerprint density at radius 1 is 1.26 bits per heavy atom. The van der Waals surface area contributed by atoms with Crippen LogP contribution in [0.1, 0.15) is 16.7 Å². The number of methoxy groups -OCH3 is 1. The van der Waals surface area contributed by atoms with Gasteiger partial charge in [0.05, 0.1) is 19.0 Å². The van der Waals surface area contributed by atoms with Gasteiger partial charge in [-0.3, -0.25) is 0 Å².